The van der Waals surface area contributed by atoms with E-state index in [1.54, 1.807) is 11.3 Å². The monoisotopic (exact) mass is 567 g/mol. The van der Waals surface area contributed by atoms with Crippen LogP contribution in [-0.4, -0.2) is 23.4 Å². The maximum atomic E-state index is 12.8. The van der Waals surface area contributed by atoms with E-state index in [1.165, 1.54) is 10.4 Å². The number of rotatable bonds is 11. The molecule has 1 atom stereocenters. The molecule has 1 unspecified atom stereocenters. The smallest absolute Gasteiger partial charge is 0.228 e. The van der Waals surface area contributed by atoms with Crippen LogP contribution < -0.4 is 5.32 Å². The Kier molecular flexibility index (Phi) is 10.3. The number of thiophene rings is 1. The van der Waals surface area contributed by atoms with Crippen LogP contribution >= 0.6 is 34.5 Å². The first-order valence-corrected chi connectivity index (χ1v) is 15.1. The Hall–Kier alpha value is -2.36. The zero-order chi connectivity index (χ0) is 27.1. The molecule has 0 aliphatic heterocycles. The summed E-state index contributed by atoms with van der Waals surface area (Å²) in [6.07, 6.45) is 6.33. The van der Waals surface area contributed by atoms with Crippen LogP contribution in [0.1, 0.15) is 66.7 Å². The molecule has 1 aromatic heterocycles. The minimum atomic E-state index is -0.0300. The van der Waals surface area contributed by atoms with Gasteiger partial charge in [-0.1, -0.05) is 73.4 Å². The molecule has 1 heterocycles. The molecule has 1 amide bonds. The van der Waals surface area contributed by atoms with Crippen molar-refractivity contribution in [2.24, 2.45) is 5.92 Å². The average molecular weight is 569 g/mol. The fourth-order valence-electron chi connectivity index (χ4n) is 5.35. The molecule has 200 valence electrons. The number of hydrogen-bond donors (Lipinski definition) is 1. The normalized spacial score (nSPS) is 14.9. The average Bonchev–Trinajstić information content (AvgIpc) is 3.26. The van der Waals surface area contributed by atoms with Gasteiger partial charge in [-0.3, -0.25) is 9.69 Å². The molecule has 38 heavy (non-hydrogen) atoms. The van der Waals surface area contributed by atoms with E-state index >= 15 is 0 Å². The highest BCUT2D eigenvalue weighted by molar-refractivity contribution is 7.16. The van der Waals surface area contributed by atoms with Crippen LogP contribution in [0.3, 0.4) is 0 Å². The number of benzene rings is 2. The highest BCUT2D eigenvalue weighted by Crippen LogP contribution is 2.39. The Morgan fingerprint density at radius 1 is 1.18 bits per heavy atom. The number of carbonyl (C=O) groups excluding carboxylic acids is 1. The van der Waals surface area contributed by atoms with E-state index in [0.29, 0.717) is 26.7 Å². The van der Waals surface area contributed by atoms with Crippen LogP contribution in [0.5, 0.6) is 0 Å². The highest BCUT2D eigenvalue weighted by atomic mass is 35.5. The topological polar surface area (TPSA) is 56.1 Å². The quantitative estimate of drug-likeness (QED) is 0.253. The third kappa shape index (κ3) is 6.98. The SMILES string of the molecule is CCC(CC)C(=O)Nc1sc2c(c1C#N)CCC(N(CCCc1ccccc1)Cc1ccc(Cl)cc1Cl)C2. The predicted octanol–water partition coefficient (Wildman–Crippen LogP) is 8.29. The van der Waals surface area contributed by atoms with Gasteiger partial charge in [0, 0.05) is 33.4 Å². The fourth-order valence-corrected chi connectivity index (χ4v) is 7.09. The lowest BCUT2D eigenvalue weighted by atomic mass is 9.90. The van der Waals surface area contributed by atoms with Crippen molar-refractivity contribution in [3.63, 3.8) is 0 Å². The van der Waals surface area contributed by atoms with Crippen molar-refractivity contribution in [3.8, 4) is 6.07 Å². The van der Waals surface area contributed by atoms with Crippen molar-refractivity contribution >= 4 is 45.4 Å². The van der Waals surface area contributed by atoms with E-state index in [1.807, 2.05) is 32.0 Å². The van der Waals surface area contributed by atoms with Crippen LogP contribution in [-0.2, 0) is 30.6 Å². The number of carbonyl (C=O) groups is 1. The van der Waals surface area contributed by atoms with Crippen molar-refractivity contribution in [2.75, 3.05) is 11.9 Å². The molecule has 7 heteroatoms. The minimum absolute atomic E-state index is 0.0153. The Labute approximate surface area is 240 Å². The molecule has 3 aromatic rings. The van der Waals surface area contributed by atoms with Gasteiger partial charge in [-0.15, -0.1) is 11.3 Å². The number of aryl methyl sites for hydroxylation is 1. The molecule has 0 saturated heterocycles. The van der Waals surface area contributed by atoms with E-state index in [2.05, 4.69) is 46.6 Å². The van der Waals surface area contributed by atoms with E-state index in [4.69, 9.17) is 23.2 Å². The molecule has 1 aliphatic carbocycles. The molecule has 1 N–H and O–H groups in total. The summed E-state index contributed by atoms with van der Waals surface area (Å²) in [5.41, 5.74) is 4.18. The second-order valence-corrected chi connectivity index (χ2v) is 12.0. The largest absolute Gasteiger partial charge is 0.316 e. The lowest BCUT2D eigenvalue weighted by Gasteiger charge is -2.34. The van der Waals surface area contributed by atoms with E-state index in [9.17, 15) is 10.1 Å². The van der Waals surface area contributed by atoms with Gasteiger partial charge in [-0.25, -0.2) is 0 Å². The summed E-state index contributed by atoms with van der Waals surface area (Å²) in [6, 6.07) is 19.0. The van der Waals surface area contributed by atoms with Crippen LogP contribution in [0.15, 0.2) is 48.5 Å². The third-order valence-corrected chi connectivity index (χ3v) is 9.36. The van der Waals surface area contributed by atoms with E-state index in [-0.39, 0.29) is 11.8 Å². The number of nitrogens with one attached hydrogen (secondary N) is 1. The van der Waals surface area contributed by atoms with Crippen molar-refractivity contribution in [1.29, 1.82) is 5.26 Å². The summed E-state index contributed by atoms with van der Waals surface area (Å²) >= 11 is 14.3. The second kappa shape index (κ2) is 13.6. The van der Waals surface area contributed by atoms with E-state index in [0.717, 1.165) is 69.2 Å². The number of halogens is 2. The zero-order valence-electron chi connectivity index (χ0n) is 22.1. The first-order valence-electron chi connectivity index (χ1n) is 13.5. The summed E-state index contributed by atoms with van der Waals surface area (Å²) in [6.45, 7) is 5.76. The van der Waals surface area contributed by atoms with Crippen molar-refractivity contribution in [2.45, 2.75) is 71.4 Å². The molecule has 4 rings (SSSR count). The molecule has 2 aromatic carbocycles. The molecular weight excluding hydrogens is 533 g/mol. The lowest BCUT2D eigenvalue weighted by Crippen LogP contribution is -2.39. The Morgan fingerprint density at radius 2 is 1.95 bits per heavy atom. The van der Waals surface area contributed by atoms with Crippen molar-refractivity contribution in [3.05, 3.63) is 85.7 Å². The summed E-state index contributed by atoms with van der Waals surface area (Å²) in [5.74, 6) is -0.0146. The summed E-state index contributed by atoms with van der Waals surface area (Å²) in [7, 11) is 0. The third-order valence-electron chi connectivity index (χ3n) is 7.60. The molecular formula is C31H35Cl2N3OS. The number of anilines is 1. The van der Waals surface area contributed by atoms with Gasteiger partial charge >= 0.3 is 0 Å². The number of nitriles is 1. The molecule has 1 aliphatic rings. The summed E-state index contributed by atoms with van der Waals surface area (Å²) in [5, 5.41) is 15.1. The molecule has 0 saturated carbocycles. The highest BCUT2D eigenvalue weighted by Gasteiger charge is 2.30. The van der Waals surface area contributed by atoms with Gasteiger partial charge in [0.2, 0.25) is 5.91 Å². The Bertz CT molecular complexity index is 1280. The maximum Gasteiger partial charge on any atom is 0.228 e. The van der Waals surface area contributed by atoms with Crippen LogP contribution in [0.2, 0.25) is 10.0 Å². The molecule has 0 fully saturated rings. The van der Waals surface area contributed by atoms with Gasteiger partial charge in [0.15, 0.2) is 0 Å². The number of hydrogen-bond acceptors (Lipinski definition) is 4. The number of fused-ring (bicyclic) bond motifs is 1. The summed E-state index contributed by atoms with van der Waals surface area (Å²) in [4.78, 5) is 16.5. The van der Waals surface area contributed by atoms with Gasteiger partial charge in [0.1, 0.15) is 11.1 Å². The van der Waals surface area contributed by atoms with Crippen molar-refractivity contribution in [1.82, 2.24) is 4.90 Å². The molecule has 4 nitrogen and oxygen atoms in total. The van der Waals surface area contributed by atoms with Crippen LogP contribution in [0.25, 0.3) is 0 Å². The van der Waals surface area contributed by atoms with Gasteiger partial charge < -0.3 is 5.32 Å². The number of amides is 1. The van der Waals surface area contributed by atoms with Crippen molar-refractivity contribution < 1.29 is 4.79 Å². The second-order valence-electron chi connectivity index (χ2n) is 10.0. The van der Waals surface area contributed by atoms with Gasteiger partial charge in [-0.05, 0) is 80.3 Å². The summed E-state index contributed by atoms with van der Waals surface area (Å²) < 4.78 is 0. The molecule has 0 spiro atoms. The predicted molar refractivity (Wildman–Crippen MR) is 159 cm³/mol. The maximum absolute atomic E-state index is 12.8. The zero-order valence-corrected chi connectivity index (χ0v) is 24.4. The lowest BCUT2D eigenvalue weighted by molar-refractivity contribution is -0.120. The fraction of sp³-hybridized carbons (Fsp3) is 0.419. The van der Waals surface area contributed by atoms with Gasteiger partial charge in [0.05, 0.1) is 5.56 Å². The van der Waals surface area contributed by atoms with Gasteiger partial charge in [-0.2, -0.15) is 5.26 Å². The Balaban J connectivity index is 1.53. The standard InChI is InChI=1S/C31H35Cl2N3OS/c1-3-22(4-2)30(37)35-31-27(19-34)26-15-14-25(18-29(26)38-31)36(16-8-11-21-9-6-5-7-10-21)20-23-12-13-24(32)17-28(23)33/h5-7,9-10,12-13,17,22,25H,3-4,8,11,14-16,18,20H2,1-2H3,(H,35,37). The van der Waals surface area contributed by atoms with E-state index < -0.39 is 0 Å². The first kappa shape index (κ1) is 28.6. The van der Waals surface area contributed by atoms with Crippen LogP contribution in [0.4, 0.5) is 5.00 Å². The van der Waals surface area contributed by atoms with Crippen LogP contribution in [0, 0.1) is 17.2 Å². The van der Waals surface area contributed by atoms with Gasteiger partial charge in [0.25, 0.3) is 0 Å². The minimum Gasteiger partial charge on any atom is -0.316 e. The Morgan fingerprint density at radius 3 is 2.63 bits per heavy atom. The molecule has 0 bridgehead atoms. The first-order chi connectivity index (χ1) is 18.4. The molecule has 0 radical (unpaired) electrons. The number of nitrogens with zero attached hydrogens (tertiary/aromatic N) is 2.